The molecule has 0 aliphatic rings. The van der Waals surface area contributed by atoms with Crippen molar-refractivity contribution < 1.29 is 18.7 Å². The lowest BCUT2D eigenvalue weighted by atomic mass is 9.98. The molecule has 132 valence electrons. The molecule has 0 radical (unpaired) electrons. The Bertz CT molecular complexity index is 1040. The SMILES string of the molecule is N#Cc1ccc(F)c(COC(=O)c2ccccc2C(=O)c2ccccc2)c1. The van der Waals surface area contributed by atoms with E-state index in [0.717, 1.165) is 6.07 Å². The van der Waals surface area contributed by atoms with Gasteiger partial charge in [0.2, 0.25) is 0 Å². The van der Waals surface area contributed by atoms with Crippen molar-refractivity contribution in [3.05, 3.63) is 106 Å². The Morgan fingerprint density at radius 1 is 0.926 bits per heavy atom. The van der Waals surface area contributed by atoms with Crippen molar-refractivity contribution in [1.82, 2.24) is 0 Å². The van der Waals surface area contributed by atoms with Gasteiger partial charge in [-0.2, -0.15) is 5.26 Å². The van der Waals surface area contributed by atoms with Gasteiger partial charge in [-0.15, -0.1) is 0 Å². The van der Waals surface area contributed by atoms with Crippen LogP contribution >= 0.6 is 0 Å². The van der Waals surface area contributed by atoms with Gasteiger partial charge >= 0.3 is 5.97 Å². The van der Waals surface area contributed by atoms with Gasteiger partial charge in [-0.25, -0.2) is 9.18 Å². The van der Waals surface area contributed by atoms with Crippen LogP contribution in [0.15, 0.2) is 72.8 Å². The summed E-state index contributed by atoms with van der Waals surface area (Å²) in [6, 6.07) is 20.6. The fourth-order valence-corrected chi connectivity index (χ4v) is 2.58. The molecule has 3 aromatic carbocycles. The first-order chi connectivity index (χ1) is 13.1. The highest BCUT2D eigenvalue weighted by atomic mass is 19.1. The van der Waals surface area contributed by atoms with Crippen LogP contribution in [0.2, 0.25) is 0 Å². The van der Waals surface area contributed by atoms with Crippen LogP contribution in [0.5, 0.6) is 0 Å². The highest BCUT2D eigenvalue weighted by Gasteiger charge is 2.19. The molecule has 0 unspecified atom stereocenters. The van der Waals surface area contributed by atoms with Gasteiger partial charge in [0, 0.05) is 16.7 Å². The molecule has 3 aromatic rings. The van der Waals surface area contributed by atoms with Crippen molar-refractivity contribution in [2.24, 2.45) is 0 Å². The maximum atomic E-state index is 13.8. The standard InChI is InChI=1S/C22H14FNO3/c23-20-11-10-15(13-24)12-17(20)14-27-22(26)19-9-5-4-8-18(19)21(25)16-6-2-1-3-7-16/h1-12H,14H2. The van der Waals surface area contributed by atoms with Crippen LogP contribution in [-0.4, -0.2) is 11.8 Å². The topological polar surface area (TPSA) is 67.2 Å². The van der Waals surface area contributed by atoms with Crippen molar-refractivity contribution >= 4 is 11.8 Å². The summed E-state index contributed by atoms with van der Waals surface area (Å²) in [5.74, 6) is -1.62. The number of ether oxygens (including phenoxy) is 1. The highest BCUT2D eigenvalue weighted by Crippen LogP contribution is 2.17. The lowest BCUT2D eigenvalue weighted by Gasteiger charge is -2.10. The predicted octanol–water partition coefficient (Wildman–Crippen LogP) is 4.29. The first-order valence-corrected chi connectivity index (χ1v) is 8.14. The summed E-state index contributed by atoms with van der Waals surface area (Å²) in [5, 5.41) is 8.90. The summed E-state index contributed by atoms with van der Waals surface area (Å²) in [6.07, 6.45) is 0. The number of hydrogen-bond acceptors (Lipinski definition) is 4. The lowest BCUT2D eigenvalue weighted by Crippen LogP contribution is -2.13. The van der Waals surface area contributed by atoms with E-state index in [4.69, 9.17) is 10.00 Å². The summed E-state index contributed by atoms with van der Waals surface area (Å²) >= 11 is 0. The van der Waals surface area contributed by atoms with Crippen molar-refractivity contribution in [2.45, 2.75) is 6.61 Å². The molecule has 0 saturated heterocycles. The Kier molecular flexibility index (Phi) is 5.38. The van der Waals surface area contributed by atoms with Crippen LogP contribution in [0.25, 0.3) is 0 Å². The van der Waals surface area contributed by atoms with Gasteiger partial charge in [-0.3, -0.25) is 4.79 Å². The molecule has 0 saturated carbocycles. The molecule has 0 aliphatic heterocycles. The van der Waals surface area contributed by atoms with Crippen LogP contribution in [0, 0.1) is 17.1 Å². The summed E-state index contributed by atoms with van der Waals surface area (Å²) in [5.41, 5.74) is 1.12. The molecule has 3 rings (SSSR count). The Morgan fingerprint density at radius 2 is 1.59 bits per heavy atom. The van der Waals surface area contributed by atoms with E-state index in [1.165, 1.54) is 18.2 Å². The van der Waals surface area contributed by atoms with Crippen molar-refractivity contribution in [3.63, 3.8) is 0 Å². The number of benzene rings is 3. The van der Waals surface area contributed by atoms with E-state index in [2.05, 4.69) is 0 Å². The molecular formula is C22H14FNO3. The number of carbonyl (C=O) groups is 2. The number of esters is 1. The second kappa shape index (κ2) is 8.07. The Labute approximate surface area is 155 Å². The molecule has 0 N–H and O–H groups in total. The van der Waals surface area contributed by atoms with Gasteiger partial charge in [0.15, 0.2) is 5.78 Å². The Morgan fingerprint density at radius 3 is 2.30 bits per heavy atom. The largest absolute Gasteiger partial charge is 0.457 e. The summed E-state index contributed by atoms with van der Waals surface area (Å²) in [6.45, 7) is -0.339. The molecular weight excluding hydrogens is 345 g/mol. The molecule has 0 fully saturated rings. The lowest BCUT2D eigenvalue weighted by molar-refractivity contribution is 0.0466. The number of rotatable bonds is 5. The fourth-order valence-electron chi connectivity index (χ4n) is 2.58. The molecule has 0 atom stereocenters. The van der Waals surface area contributed by atoms with Crippen LogP contribution < -0.4 is 0 Å². The molecule has 0 bridgehead atoms. The average molecular weight is 359 g/mol. The highest BCUT2D eigenvalue weighted by molar-refractivity contribution is 6.14. The Hall–Kier alpha value is -3.78. The Balaban J connectivity index is 1.82. The third kappa shape index (κ3) is 4.07. The second-order valence-corrected chi connectivity index (χ2v) is 5.73. The van der Waals surface area contributed by atoms with Crippen LogP contribution in [-0.2, 0) is 11.3 Å². The minimum atomic E-state index is -0.739. The van der Waals surface area contributed by atoms with E-state index in [9.17, 15) is 14.0 Å². The third-order valence-electron chi connectivity index (χ3n) is 3.96. The predicted molar refractivity (Wildman–Crippen MR) is 96.6 cm³/mol. The van der Waals surface area contributed by atoms with Gasteiger partial charge in [0.25, 0.3) is 0 Å². The van der Waals surface area contributed by atoms with Crippen molar-refractivity contribution in [2.75, 3.05) is 0 Å². The number of carbonyl (C=O) groups excluding carboxylic acids is 2. The van der Waals surface area contributed by atoms with Gasteiger partial charge in [-0.1, -0.05) is 48.5 Å². The molecule has 27 heavy (non-hydrogen) atoms. The summed E-state index contributed by atoms with van der Waals surface area (Å²) < 4.78 is 19.0. The van der Waals surface area contributed by atoms with E-state index in [-0.39, 0.29) is 34.6 Å². The summed E-state index contributed by atoms with van der Waals surface area (Å²) in [4.78, 5) is 25.2. The molecule has 5 heteroatoms. The van der Waals surface area contributed by atoms with Gasteiger partial charge < -0.3 is 4.74 Å². The maximum absolute atomic E-state index is 13.8. The van der Waals surface area contributed by atoms with E-state index in [1.807, 2.05) is 6.07 Å². The quantitative estimate of drug-likeness (QED) is 0.504. The number of nitriles is 1. The normalized spacial score (nSPS) is 10.1. The number of hydrogen-bond donors (Lipinski definition) is 0. The average Bonchev–Trinajstić information content (AvgIpc) is 2.73. The number of ketones is 1. The maximum Gasteiger partial charge on any atom is 0.339 e. The van der Waals surface area contributed by atoms with Crippen LogP contribution in [0.4, 0.5) is 4.39 Å². The van der Waals surface area contributed by atoms with E-state index >= 15 is 0 Å². The van der Waals surface area contributed by atoms with Crippen molar-refractivity contribution in [1.29, 1.82) is 5.26 Å². The zero-order chi connectivity index (χ0) is 19.2. The van der Waals surface area contributed by atoms with Gasteiger partial charge in [-0.05, 0) is 24.3 Å². The third-order valence-corrected chi connectivity index (χ3v) is 3.96. The van der Waals surface area contributed by atoms with Gasteiger partial charge in [0.1, 0.15) is 12.4 Å². The minimum Gasteiger partial charge on any atom is -0.457 e. The van der Waals surface area contributed by atoms with Crippen LogP contribution in [0.3, 0.4) is 0 Å². The number of halogens is 1. The smallest absolute Gasteiger partial charge is 0.339 e. The van der Waals surface area contributed by atoms with E-state index in [1.54, 1.807) is 48.5 Å². The molecule has 0 amide bonds. The second-order valence-electron chi connectivity index (χ2n) is 5.73. The van der Waals surface area contributed by atoms with Gasteiger partial charge in [0.05, 0.1) is 17.2 Å². The molecule has 4 nitrogen and oxygen atoms in total. The fraction of sp³-hybridized carbons (Fsp3) is 0.0455. The first kappa shape index (κ1) is 18.0. The number of nitrogens with zero attached hydrogens (tertiary/aromatic N) is 1. The minimum absolute atomic E-state index is 0.0919. The van der Waals surface area contributed by atoms with E-state index in [0.29, 0.717) is 5.56 Å². The monoisotopic (exact) mass is 359 g/mol. The van der Waals surface area contributed by atoms with Crippen molar-refractivity contribution in [3.8, 4) is 6.07 Å². The zero-order valence-corrected chi connectivity index (χ0v) is 14.2. The zero-order valence-electron chi connectivity index (χ0n) is 14.2. The van der Waals surface area contributed by atoms with E-state index < -0.39 is 11.8 Å². The van der Waals surface area contributed by atoms with Crippen LogP contribution in [0.1, 0.15) is 37.4 Å². The summed E-state index contributed by atoms with van der Waals surface area (Å²) in [7, 11) is 0. The molecule has 0 aliphatic carbocycles. The first-order valence-electron chi connectivity index (χ1n) is 8.14. The molecule has 0 spiro atoms. The molecule has 0 heterocycles. The molecule has 0 aromatic heterocycles.